The van der Waals surface area contributed by atoms with Crippen molar-refractivity contribution in [2.75, 3.05) is 0 Å². The molecule has 0 radical (unpaired) electrons. The first kappa shape index (κ1) is 26.1. The Morgan fingerprint density at radius 1 is 0.362 bits per heavy atom. The van der Waals surface area contributed by atoms with E-state index in [1.165, 1.54) is 93.1 Å². The maximum atomic E-state index is 2.40. The molecule has 0 N–H and O–H groups in total. The van der Waals surface area contributed by atoms with Crippen LogP contribution in [-0.4, -0.2) is 9.13 Å². The summed E-state index contributed by atoms with van der Waals surface area (Å²) in [5.74, 6) is 0. The Morgan fingerprint density at radius 3 is 1.51 bits per heavy atom. The van der Waals surface area contributed by atoms with Crippen molar-refractivity contribution in [3.8, 4) is 28.1 Å². The molecular formula is C45H30N2. The molecule has 2 nitrogen and oxygen atoms in total. The van der Waals surface area contributed by atoms with Crippen molar-refractivity contribution in [1.29, 1.82) is 0 Å². The zero-order valence-corrected chi connectivity index (χ0v) is 26.0. The van der Waals surface area contributed by atoms with Crippen molar-refractivity contribution in [2.45, 2.75) is 0 Å². The third kappa shape index (κ3) is 3.73. The van der Waals surface area contributed by atoms with Crippen LogP contribution in [-0.2, 0) is 7.05 Å². The van der Waals surface area contributed by atoms with Crippen LogP contribution < -0.4 is 0 Å². The molecule has 2 heterocycles. The van der Waals surface area contributed by atoms with Gasteiger partial charge in [0.15, 0.2) is 0 Å². The highest BCUT2D eigenvalue weighted by Crippen LogP contribution is 2.46. The normalized spacial score (nSPS) is 11.9. The summed E-state index contributed by atoms with van der Waals surface area (Å²) in [4.78, 5) is 0. The van der Waals surface area contributed by atoms with Crippen molar-refractivity contribution in [3.05, 3.63) is 164 Å². The van der Waals surface area contributed by atoms with E-state index in [0.29, 0.717) is 0 Å². The fourth-order valence-corrected chi connectivity index (χ4v) is 8.05. The van der Waals surface area contributed by atoms with E-state index in [1.807, 2.05) is 0 Å². The number of benzene rings is 8. The van der Waals surface area contributed by atoms with Crippen molar-refractivity contribution in [3.63, 3.8) is 0 Å². The summed E-state index contributed by atoms with van der Waals surface area (Å²) in [6.45, 7) is 0. The molecular weight excluding hydrogens is 569 g/mol. The predicted molar refractivity (Wildman–Crippen MR) is 201 cm³/mol. The van der Waals surface area contributed by atoms with Gasteiger partial charge in [-0.15, -0.1) is 0 Å². The van der Waals surface area contributed by atoms with Crippen LogP contribution in [0.4, 0.5) is 0 Å². The Kier molecular flexibility index (Phi) is 5.53. The van der Waals surface area contributed by atoms with Gasteiger partial charge in [0, 0.05) is 40.0 Å². The van der Waals surface area contributed by atoms with Gasteiger partial charge in [-0.1, -0.05) is 127 Å². The van der Waals surface area contributed by atoms with Crippen molar-refractivity contribution in [2.24, 2.45) is 7.05 Å². The second kappa shape index (κ2) is 9.94. The van der Waals surface area contributed by atoms with Crippen LogP contribution in [0.3, 0.4) is 0 Å². The highest BCUT2D eigenvalue weighted by Gasteiger charge is 2.20. The number of nitrogens with zero attached hydrogens (tertiary/aromatic N) is 2. The van der Waals surface area contributed by atoms with Crippen LogP contribution in [0.15, 0.2) is 164 Å². The number of aromatic nitrogens is 2. The van der Waals surface area contributed by atoms with Crippen LogP contribution in [0.1, 0.15) is 0 Å². The van der Waals surface area contributed by atoms with E-state index >= 15 is 0 Å². The number of hydrogen-bond donors (Lipinski definition) is 0. The zero-order valence-electron chi connectivity index (χ0n) is 26.0. The Morgan fingerprint density at radius 2 is 0.872 bits per heavy atom. The number of aryl methyl sites for hydroxylation is 1. The SMILES string of the molecule is Cn1c(-c2c3ccccc3c(-c3cccc4ccccc34)c3ccccc23)cc2cc(-n3c4ccccc4c4ccccc43)ccc21. The van der Waals surface area contributed by atoms with Crippen LogP contribution in [0.2, 0.25) is 0 Å². The van der Waals surface area contributed by atoms with Crippen molar-refractivity contribution in [1.82, 2.24) is 9.13 Å². The highest BCUT2D eigenvalue weighted by molar-refractivity contribution is 6.23. The maximum Gasteiger partial charge on any atom is 0.0541 e. The van der Waals surface area contributed by atoms with Crippen molar-refractivity contribution >= 4 is 65.0 Å². The molecule has 220 valence electrons. The van der Waals surface area contributed by atoms with E-state index in [9.17, 15) is 0 Å². The molecule has 0 bridgehead atoms. The molecule has 8 aromatic carbocycles. The van der Waals surface area contributed by atoms with E-state index in [0.717, 1.165) is 0 Å². The van der Waals surface area contributed by atoms with Crippen LogP contribution in [0.5, 0.6) is 0 Å². The second-order valence-electron chi connectivity index (χ2n) is 12.6. The summed E-state index contributed by atoms with van der Waals surface area (Å²) in [7, 11) is 2.21. The maximum absolute atomic E-state index is 2.40. The summed E-state index contributed by atoms with van der Waals surface area (Å²) < 4.78 is 4.78. The minimum atomic E-state index is 1.17. The first-order chi connectivity index (χ1) is 23.3. The third-order valence-electron chi connectivity index (χ3n) is 10.1. The molecule has 0 atom stereocenters. The van der Waals surface area contributed by atoms with Gasteiger partial charge < -0.3 is 9.13 Å². The standard InChI is InChI=1S/C45H30N2/c1-46-40-26-25-31(47-41-23-10-8-16-33(41)34-17-9-11-24-42(34)47)27-30(40)28-43(46)45-38-20-6-4-18-36(38)44(37-19-5-7-21-39(37)45)35-22-12-14-29-13-2-3-15-32(29)35/h2-28H,1H3. The molecule has 0 amide bonds. The van der Waals surface area contributed by atoms with E-state index in [2.05, 4.69) is 180 Å². The molecule has 0 aliphatic carbocycles. The Labute approximate surface area is 272 Å². The van der Waals surface area contributed by atoms with Gasteiger partial charge in [0.25, 0.3) is 0 Å². The Bertz CT molecular complexity index is 2750. The fourth-order valence-electron chi connectivity index (χ4n) is 8.05. The predicted octanol–water partition coefficient (Wildman–Crippen LogP) is 12.1. The average molecular weight is 599 g/mol. The molecule has 0 spiro atoms. The molecule has 0 unspecified atom stereocenters. The van der Waals surface area contributed by atoms with Crippen LogP contribution in [0, 0.1) is 0 Å². The minimum absolute atomic E-state index is 1.17. The first-order valence-electron chi connectivity index (χ1n) is 16.3. The molecule has 2 aromatic heterocycles. The second-order valence-corrected chi connectivity index (χ2v) is 12.6. The molecule has 0 saturated heterocycles. The molecule has 10 rings (SSSR count). The summed E-state index contributed by atoms with van der Waals surface area (Å²) in [5.41, 5.74) is 9.91. The molecule has 10 aromatic rings. The number of fused-ring (bicyclic) bond motifs is 7. The van der Waals surface area contributed by atoms with Gasteiger partial charge >= 0.3 is 0 Å². The van der Waals surface area contributed by atoms with Gasteiger partial charge in [0.2, 0.25) is 0 Å². The van der Waals surface area contributed by atoms with E-state index in [-0.39, 0.29) is 0 Å². The number of rotatable bonds is 3. The minimum Gasteiger partial charge on any atom is -0.344 e. The Balaban J connectivity index is 1.25. The smallest absolute Gasteiger partial charge is 0.0541 e. The number of hydrogen-bond acceptors (Lipinski definition) is 0. The molecule has 0 fully saturated rings. The lowest BCUT2D eigenvalue weighted by atomic mass is 9.86. The lowest BCUT2D eigenvalue weighted by Gasteiger charge is -2.19. The summed E-state index contributed by atoms with van der Waals surface area (Å²) >= 11 is 0. The van der Waals surface area contributed by atoms with E-state index in [1.54, 1.807) is 0 Å². The van der Waals surface area contributed by atoms with E-state index in [4.69, 9.17) is 0 Å². The fraction of sp³-hybridized carbons (Fsp3) is 0.0222. The first-order valence-corrected chi connectivity index (χ1v) is 16.3. The third-order valence-corrected chi connectivity index (χ3v) is 10.1. The van der Waals surface area contributed by atoms with Crippen LogP contribution in [0.25, 0.3) is 93.1 Å². The van der Waals surface area contributed by atoms with Crippen LogP contribution >= 0.6 is 0 Å². The van der Waals surface area contributed by atoms with Crippen molar-refractivity contribution < 1.29 is 0 Å². The monoisotopic (exact) mass is 598 g/mol. The lowest BCUT2D eigenvalue weighted by molar-refractivity contribution is 0.980. The molecule has 0 aliphatic rings. The molecule has 47 heavy (non-hydrogen) atoms. The van der Waals surface area contributed by atoms with Gasteiger partial charge in [0.05, 0.1) is 16.7 Å². The van der Waals surface area contributed by atoms with Gasteiger partial charge in [-0.05, 0) is 79.8 Å². The zero-order chi connectivity index (χ0) is 31.1. The van der Waals surface area contributed by atoms with Gasteiger partial charge in [-0.3, -0.25) is 0 Å². The van der Waals surface area contributed by atoms with Gasteiger partial charge in [-0.2, -0.15) is 0 Å². The lowest BCUT2D eigenvalue weighted by Crippen LogP contribution is -1.96. The number of para-hydroxylation sites is 2. The topological polar surface area (TPSA) is 9.86 Å². The quantitative estimate of drug-likeness (QED) is 0.179. The van der Waals surface area contributed by atoms with Gasteiger partial charge in [0.1, 0.15) is 0 Å². The molecule has 2 heteroatoms. The summed E-state index contributed by atoms with van der Waals surface area (Å²) in [6, 6.07) is 60.0. The molecule has 0 aliphatic heterocycles. The van der Waals surface area contributed by atoms with E-state index < -0.39 is 0 Å². The van der Waals surface area contributed by atoms with Gasteiger partial charge in [-0.25, -0.2) is 0 Å². The highest BCUT2D eigenvalue weighted by atomic mass is 15.0. The summed E-state index contributed by atoms with van der Waals surface area (Å²) in [5, 5.41) is 11.4. The largest absolute Gasteiger partial charge is 0.344 e. The summed E-state index contributed by atoms with van der Waals surface area (Å²) in [6.07, 6.45) is 0. The molecule has 0 saturated carbocycles. The average Bonchev–Trinajstić information content (AvgIpc) is 3.64. The Hall–Kier alpha value is -6.12.